The average Bonchev–Trinajstić information content (AvgIpc) is 2.92. The second-order valence-electron chi connectivity index (χ2n) is 3.81. The first-order valence-electron chi connectivity index (χ1n) is 5.23. The highest BCUT2D eigenvalue weighted by atomic mass is 16.5. The van der Waals surface area contributed by atoms with Gasteiger partial charge >= 0.3 is 5.97 Å². The average molecular weight is 218 g/mol. The third-order valence-corrected chi connectivity index (χ3v) is 2.56. The largest absolute Gasteiger partial charge is 0.481 e. The number of carbonyl (C=O) groups is 1. The maximum Gasteiger partial charge on any atom is 0.308 e. The molecule has 2 saturated heterocycles. The number of carboxylic acid groups (broad SMARTS) is 1. The van der Waals surface area contributed by atoms with Crippen LogP contribution in [0.5, 0.6) is 0 Å². The molecule has 5 nitrogen and oxygen atoms in total. The second kappa shape index (κ2) is 6.76. The molecule has 0 saturated carbocycles. The van der Waals surface area contributed by atoms with E-state index in [9.17, 15) is 4.79 Å². The number of aliphatic hydroxyl groups excluding tert-OH is 1. The first-order chi connectivity index (χ1) is 7.24. The van der Waals surface area contributed by atoms with E-state index in [1.807, 2.05) is 0 Å². The van der Waals surface area contributed by atoms with E-state index in [4.69, 9.17) is 19.7 Å². The van der Waals surface area contributed by atoms with Crippen LogP contribution in [0.3, 0.4) is 0 Å². The Bertz CT molecular complexity index is 182. The summed E-state index contributed by atoms with van der Waals surface area (Å²) >= 11 is 0. The molecule has 2 fully saturated rings. The molecule has 2 N–H and O–H groups in total. The molecular formula is C10H18O5. The Balaban J connectivity index is 0.000000151. The van der Waals surface area contributed by atoms with Crippen molar-refractivity contribution in [3.63, 3.8) is 0 Å². The van der Waals surface area contributed by atoms with Crippen LogP contribution in [0.2, 0.25) is 0 Å². The van der Waals surface area contributed by atoms with E-state index in [2.05, 4.69) is 0 Å². The highest BCUT2D eigenvalue weighted by Gasteiger charge is 2.21. The van der Waals surface area contributed by atoms with Crippen LogP contribution < -0.4 is 0 Å². The smallest absolute Gasteiger partial charge is 0.308 e. The molecular weight excluding hydrogens is 200 g/mol. The number of hydrogen-bond donors (Lipinski definition) is 2. The van der Waals surface area contributed by atoms with Crippen molar-refractivity contribution in [3.05, 3.63) is 0 Å². The van der Waals surface area contributed by atoms with E-state index in [1.54, 1.807) is 0 Å². The molecule has 2 aliphatic heterocycles. The van der Waals surface area contributed by atoms with Crippen molar-refractivity contribution in [2.75, 3.05) is 33.0 Å². The van der Waals surface area contributed by atoms with Crippen LogP contribution in [0.4, 0.5) is 0 Å². The molecule has 0 aliphatic carbocycles. The van der Waals surface area contributed by atoms with Crippen molar-refractivity contribution in [3.8, 4) is 0 Å². The minimum atomic E-state index is -0.734. The molecule has 0 aromatic rings. The standard InChI is InChI=1S/C5H8O3.C5H10O2/c6-5(7)4-1-2-8-3-4;6-3-5-1-2-7-4-5/h4H,1-3H2,(H,6,7);5-6H,1-4H2/t4-;5-/m10/s1. The summed E-state index contributed by atoms with van der Waals surface area (Å²) < 4.78 is 9.83. The molecule has 2 rings (SSSR count). The van der Waals surface area contributed by atoms with Gasteiger partial charge in [-0.2, -0.15) is 0 Å². The first kappa shape index (κ1) is 12.4. The molecule has 0 bridgehead atoms. The summed E-state index contributed by atoms with van der Waals surface area (Å²) in [5.74, 6) is -0.544. The van der Waals surface area contributed by atoms with Crippen LogP contribution in [-0.4, -0.2) is 49.2 Å². The summed E-state index contributed by atoms with van der Waals surface area (Å²) in [4.78, 5) is 10.1. The topological polar surface area (TPSA) is 76.0 Å². The maximum absolute atomic E-state index is 10.1. The van der Waals surface area contributed by atoms with Crippen molar-refractivity contribution in [2.45, 2.75) is 12.8 Å². The third-order valence-electron chi connectivity index (χ3n) is 2.56. The summed E-state index contributed by atoms with van der Waals surface area (Å²) in [7, 11) is 0. The minimum Gasteiger partial charge on any atom is -0.481 e. The lowest BCUT2D eigenvalue weighted by Crippen LogP contribution is -2.12. The minimum absolute atomic E-state index is 0.241. The van der Waals surface area contributed by atoms with Gasteiger partial charge in [-0.15, -0.1) is 0 Å². The Morgan fingerprint density at radius 1 is 1.20 bits per heavy atom. The number of carboxylic acids is 1. The van der Waals surface area contributed by atoms with E-state index in [0.717, 1.165) is 19.6 Å². The molecule has 0 aromatic heterocycles. The first-order valence-corrected chi connectivity index (χ1v) is 5.23. The van der Waals surface area contributed by atoms with Gasteiger partial charge in [0.2, 0.25) is 0 Å². The zero-order valence-corrected chi connectivity index (χ0v) is 8.72. The Morgan fingerprint density at radius 2 is 1.87 bits per heavy atom. The highest BCUT2D eigenvalue weighted by Crippen LogP contribution is 2.11. The maximum atomic E-state index is 10.1. The summed E-state index contributed by atoms with van der Waals surface area (Å²) in [6, 6.07) is 0. The molecule has 0 unspecified atom stereocenters. The summed E-state index contributed by atoms with van der Waals surface area (Å²) in [5, 5.41) is 16.8. The highest BCUT2D eigenvalue weighted by molar-refractivity contribution is 5.70. The van der Waals surface area contributed by atoms with Crippen LogP contribution in [0.1, 0.15) is 12.8 Å². The van der Waals surface area contributed by atoms with Gasteiger partial charge in [-0.05, 0) is 12.8 Å². The summed E-state index contributed by atoms with van der Waals surface area (Å²) in [5.41, 5.74) is 0. The molecule has 15 heavy (non-hydrogen) atoms. The Kier molecular flexibility index (Phi) is 5.60. The monoisotopic (exact) mass is 218 g/mol. The van der Waals surface area contributed by atoms with Gasteiger partial charge in [0.1, 0.15) is 0 Å². The molecule has 0 aromatic carbocycles. The SMILES string of the molecule is O=C(O)[C@@H]1CCOC1.OC[C@@H]1CCOC1. The van der Waals surface area contributed by atoms with Crippen molar-refractivity contribution in [1.82, 2.24) is 0 Å². The van der Waals surface area contributed by atoms with Crippen LogP contribution in [-0.2, 0) is 14.3 Å². The number of aliphatic hydroxyl groups is 1. The predicted octanol–water partition coefficient (Wildman–Crippen LogP) is 0.123. The Hall–Kier alpha value is -0.650. The molecule has 5 heteroatoms. The van der Waals surface area contributed by atoms with Crippen LogP contribution in [0, 0.1) is 11.8 Å². The molecule has 0 spiro atoms. The number of ether oxygens (including phenoxy) is 2. The van der Waals surface area contributed by atoms with Crippen molar-refractivity contribution in [2.24, 2.45) is 11.8 Å². The van der Waals surface area contributed by atoms with Gasteiger partial charge < -0.3 is 19.7 Å². The number of rotatable bonds is 2. The van der Waals surface area contributed by atoms with Gasteiger partial charge in [0, 0.05) is 25.7 Å². The fourth-order valence-corrected chi connectivity index (χ4v) is 1.46. The molecule has 88 valence electrons. The molecule has 0 amide bonds. The molecule has 2 atom stereocenters. The van der Waals surface area contributed by atoms with E-state index >= 15 is 0 Å². The zero-order valence-electron chi connectivity index (χ0n) is 8.72. The van der Waals surface area contributed by atoms with Crippen molar-refractivity contribution < 1.29 is 24.5 Å². The summed E-state index contributed by atoms with van der Waals surface area (Å²) in [6.07, 6.45) is 1.71. The fraction of sp³-hybridized carbons (Fsp3) is 0.900. The van der Waals surface area contributed by atoms with Crippen LogP contribution in [0.15, 0.2) is 0 Å². The lowest BCUT2D eigenvalue weighted by Gasteiger charge is -1.96. The van der Waals surface area contributed by atoms with E-state index < -0.39 is 5.97 Å². The molecule has 2 aliphatic rings. The normalized spacial score (nSPS) is 29.7. The second-order valence-corrected chi connectivity index (χ2v) is 3.81. The van der Waals surface area contributed by atoms with Crippen molar-refractivity contribution in [1.29, 1.82) is 0 Å². The lowest BCUT2D eigenvalue weighted by molar-refractivity contribution is -0.141. The van der Waals surface area contributed by atoms with Gasteiger partial charge in [-0.25, -0.2) is 0 Å². The third kappa shape index (κ3) is 4.59. The zero-order chi connectivity index (χ0) is 11.1. The van der Waals surface area contributed by atoms with Gasteiger partial charge in [-0.1, -0.05) is 0 Å². The van der Waals surface area contributed by atoms with E-state index in [-0.39, 0.29) is 5.92 Å². The van der Waals surface area contributed by atoms with E-state index in [0.29, 0.717) is 32.2 Å². The Morgan fingerprint density at radius 3 is 2.13 bits per heavy atom. The number of aliphatic carboxylic acids is 1. The van der Waals surface area contributed by atoms with Crippen molar-refractivity contribution >= 4 is 5.97 Å². The van der Waals surface area contributed by atoms with Gasteiger partial charge in [0.15, 0.2) is 0 Å². The van der Waals surface area contributed by atoms with Gasteiger partial charge in [0.05, 0.1) is 19.1 Å². The van der Waals surface area contributed by atoms with E-state index in [1.165, 1.54) is 0 Å². The predicted molar refractivity (Wildman–Crippen MR) is 52.6 cm³/mol. The van der Waals surface area contributed by atoms with Crippen LogP contribution in [0.25, 0.3) is 0 Å². The molecule has 0 radical (unpaired) electrons. The number of hydrogen-bond acceptors (Lipinski definition) is 4. The van der Waals surface area contributed by atoms with Crippen LogP contribution >= 0.6 is 0 Å². The Labute approximate surface area is 89.0 Å². The fourth-order valence-electron chi connectivity index (χ4n) is 1.46. The quantitative estimate of drug-likeness (QED) is 0.688. The lowest BCUT2D eigenvalue weighted by atomic mass is 10.1. The molecule has 2 heterocycles. The summed E-state index contributed by atoms with van der Waals surface area (Å²) in [6.45, 7) is 2.90. The van der Waals surface area contributed by atoms with Gasteiger partial charge in [0.25, 0.3) is 0 Å². The van der Waals surface area contributed by atoms with Gasteiger partial charge in [-0.3, -0.25) is 4.79 Å².